The molecule has 0 aliphatic rings. The minimum absolute atomic E-state index is 0.327. The molecule has 1 nitrogen and oxygen atoms in total. The summed E-state index contributed by atoms with van der Waals surface area (Å²) in [7, 11) is 0. The van der Waals surface area contributed by atoms with E-state index in [1.807, 2.05) is 0 Å². The molecule has 0 amide bonds. The highest BCUT2D eigenvalue weighted by Crippen LogP contribution is 2.28. The van der Waals surface area contributed by atoms with Crippen molar-refractivity contribution in [3.8, 4) is 0 Å². The average Bonchev–Trinajstić information content (AvgIpc) is 2.44. The maximum Gasteiger partial charge on any atom is 0.00106 e. The molecule has 0 unspecified atom stereocenters. The third kappa shape index (κ3) is 4.31. The van der Waals surface area contributed by atoms with Crippen LogP contribution in [0.2, 0.25) is 0 Å². The van der Waals surface area contributed by atoms with Gasteiger partial charge in [0.15, 0.2) is 0 Å². The molecule has 0 atom stereocenters. The van der Waals surface area contributed by atoms with Crippen LogP contribution in [0.5, 0.6) is 0 Å². The van der Waals surface area contributed by atoms with Crippen LogP contribution < -0.4 is 5.32 Å². The lowest BCUT2D eigenvalue weighted by Gasteiger charge is -2.27. The van der Waals surface area contributed by atoms with Gasteiger partial charge in [-0.3, -0.25) is 0 Å². The van der Waals surface area contributed by atoms with E-state index in [1.165, 1.54) is 28.3 Å². The fraction of sp³-hybridized carbons (Fsp3) is 0.500. The van der Waals surface area contributed by atoms with E-state index in [4.69, 9.17) is 0 Å². The molecular weight excluding hydrogens is 254 g/mol. The first-order valence-electron chi connectivity index (χ1n) is 8.10. The first-order valence-corrected chi connectivity index (χ1v) is 8.10. The van der Waals surface area contributed by atoms with Crippen molar-refractivity contribution in [2.24, 2.45) is 5.41 Å². The molecule has 0 aliphatic heterocycles. The third-order valence-corrected chi connectivity index (χ3v) is 4.32. The highest BCUT2D eigenvalue weighted by molar-refractivity contribution is 5.86. The summed E-state index contributed by atoms with van der Waals surface area (Å²) in [5, 5.41) is 6.35. The summed E-state index contributed by atoms with van der Waals surface area (Å²) in [4.78, 5) is 0. The summed E-state index contributed by atoms with van der Waals surface area (Å²) in [5.41, 5.74) is 3.26. The lowest BCUT2D eigenvalue weighted by molar-refractivity contribution is 0.304. The van der Waals surface area contributed by atoms with Crippen LogP contribution in [-0.4, -0.2) is 12.6 Å². The van der Waals surface area contributed by atoms with Crippen molar-refractivity contribution in [3.05, 3.63) is 47.5 Å². The Labute approximate surface area is 129 Å². The molecule has 2 aromatic rings. The van der Waals surface area contributed by atoms with Gasteiger partial charge in [-0.1, -0.05) is 64.1 Å². The maximum absolute atomic E-state index is 3.57. The van der Waals surface area contributed by atoms with Crippen LogP contribution in [0.4, 0.5) is 0 Å². The minimum Gasteiger partial charge on any atom is -0.314 e. The Balaban J connectivity index is 2.14. The Kier molecular flexibility index (Phi) is 5.05. The second-order valence-electron chi connectivity index (χ2n) is 7.28. The summed E-state index contributed by atoms with van der Waals surface area (Å²) in [6.45, 7) is 12.5. The van der Waals surface area contributed by atoms with Gasteiger partial charge in [-0.25, -0.2) is 0 Å². The van der Waals surface area contributed by atoms with E-state index in [2.05, 4.69) is 76.3 Å². The van der Waals surface area contributed by atoms with Gasteiger partial charge in [0, 0.05) is 12.6 Å². The first kappa shape index (κ1) is 16.0. The fourth-order valence-corrected chi connectivity index (χ4v) is 2.81. The number of fused-ring (bicyclic) bond motifs is 1. The molecule has 0 spiro atoms. The van der Waals surface area contributed by atoms with Crippen LogP contribution in [0.3, 0.4) is 0 Å². The minimum atomic E-state index is 0.327. The van der Waals surface area contributed by atoms with Crippen molar-refractivity contribution in [1.82, 2.24) is 5.32 Å². The largest absolute Gasteiger partial charge is 0.314 e. The van der Waals surface area contributed by atoms with Crippen molar-refractivity contribution in [2.75, 3.05) is 6.54 Å². The topological polar surface area (TPSA) is 12.0 Å². The second-order valence-corrected chi connectivity index (χ2v) is 7.28. The zero-order valence-electron chi connectivity index (χ0n) is 14.2. The molecule has 0 aliphatic carbocycles. The van der Waals surface area contributed by atoms with Crippen LogP contribution in [0.1, 0.15) is 45.2 Å². The van der Waals surface area contributed by atoms with E-state index < -0.39 is 0 Å². The smallest absolute Gasteiger partial charge is 0.00106 e. The Morgan fingerprint density at radius 2 is 1.76 bits per heavy atom. The van der Waals surface area contributed by atoms with Crippen molar-refractivity contribution in [2.45, 2.75) is 53.5 Å². The molecule has 0 radical (unpaired) electrons. The molecular formula is C20H29N. The van der Waals surface area contributed by atoms with Crippen LogP contribution in [0.25, 0.3) is 10.8 Å². The molecule has 21 heavy (non-hydrogen) atoms. The first-order chi connectivity index (χ1) is 9.89. The van der Waals surface area contributed by atoms with Gasteiger partial charge in [0.25, 0.3) is 0 Å². The van der Waals surface area contributed by atoms with E-state index in [0.717, 1.165) is 13.0 Å². The van der Waals surface area contributed by atoms with Gasteiger partial charge in [0.1, 0.15) is 0 Å². The lowest BCUT2D eigenvalue weighted by Crippen LogP contribution is -2.34. The molecule has 2 rings (SSSR count). The number of hydrogen-bond acceptors (Lipinski definition) is 1. The molecule has 0 fully saturated rings. The molecule has 114 valence electrons. The van der Waals surface area contributed by atoms with Gasteiger partial charge >= 0.3 is 0 Å². The Morgan fingerprint density at radius 3 is 2.48 bits per heavy atom. The Hall–Kier alpha value is -1.34. The number of aryl methyl sites for hydroxylation is 2. The number of hydrogen-bond donors (Lipinski definition) is 1. The third-order valence-electron chi connectivity index (χ3n) is 4.32. The number of benzene rings is 2. The summed E-state index contributed by atoms with van der Waals surface area (Å²) in [5.74, 6) is 0. The summed E-state index contributed by atoms with van der Waals surface area (Å²) >= 11 is 0. The molecule has 1 N–H and O–H groups in total. The van der Waals surface area contributed by atoms with E-state index in [-0.39, 0.29) is 0 Å². The van der Waals surface area contributed by atoms with Crippen molar-refractivity contribution < 1.29 is 0 Å². The molecule has 1 heteroatoms. The number of rotatable bonds is 6. The van der Waals surface area contributed by atoms with Gasteiger partial charge in [-0.15, -0.1) is 0 Å². The summed E-state index contributed by atoms with van der Waals surface area (Å²) in [6.07, 6.45) is 2.36. The van der Waals surface area contributed by atoms with Gasteiger partial charge in [-0.05, 0) is 47.1 Å². The monoisotopic (exact) mass is 283 g/mol. The molecule has 0 saturated carbocycles. The standard InChI is InChI=1S/C20H29N/c1-15(2)21-14-20(4,5)13-12-18-16(3)10-11-17-8-6-7-9-19(17)18/h6-11,15,21H,12-14H2,1-5H3. The van der Waals surface area contributed by atoms with Crippen LogP contribution in [-0.2, 0) is 6.42 Å². The van der Waals surface area contributed by atoms with E-state index in [1.54, 1.807) is 0 Å². The van der Waals surface area contributed by atoms with Gasteiger partial charge in [0.05, 0.1) is 0 Å². The zero-order chi connectivity index (χ0) is 15.5. The van der Waals surface area contributed by atoms with E-state index in [9.17, 15) is 0 Å². The van der Waals surface area contributed by atoms with Gasteiger partial charge in [0.2, 0.25) is 0 Å². The summed E-state index contributed by atoms with van der Waals surface area (Å²) < 4.78 is 0. The fourth-order valence-electron chi connectivity index (χ4n) is 2.81. The van der Waals surface area contributed by atoms with Crippen LogP contribution in [0.15, 0.2) is 36.4 Å². The molecule has 0 bridgehead atoms. The van der Waals surface area contributed by atoms with Crippen LogP contribution >= 0.6 is 0 Å². The van der Waals surface area contributed by atoms with Crippen molar-refractivity contribution in [3.63, 3.8) is 0 Å². The highest BCUT2D eigenvalue weighted by Gasteiger charge is 2.18. The Bertz CT molecular complexity index is 596. The van der Waals surface area contributed by atoms with Crippen molar-refractivity contribution in [1.29, 1.82) is 0 Å². The predicted octanol–water partition coefficient (Wildman–Crippen LogP) is 5.11. The molecule has 2 aromatic carbocycles. The van der Waals surface area contributed by atoms with E-state index in [0.29, 0.717) is 11.5 Å². The van der Waals surface area contributed by atoms with Crippen molar-refractivity contribution >= 4 is 10.8 Å². The maximum atomic E-state index is 3.57. The zero-order valence-corrected chi connectivity index (χ0v) is 14.2. The predicted molar refractivity (Wildman–Crippen MR) is 93.9 cm³/mol. The van der Waals surface area contributed by atoms with Gasteiger partial charge < -0.3 is 5.32 Å². The lowest BCUT2D eigenvalue weighted by atomic mass is 9.84. The second kappa shape index (κ2) is 6.62. The SMILES string of the molecule is Cc1ccc2ccccc2c1CCC(C)(C)CNC(C)C. The average molecular weight is 283 g/mol. The van der Waals surface area contributed by atoms with Crippen LogP contribution in [0, 0.1) is 12.3 Å². The highest BCUT2D eigenvalue weighted by atomic mass is 14.9. The quantitative estimate of drug-likeness (QED) is 0.777. The molecule has 0 aromatic heterocycles. The van der Waals surface area contributed by atoms with E-state index >= 15 is 0 Å². The number of nitrogens with one attached hydrogen (secondary N) is 1. The molecule has 0 heterocycles. The normalized spacial score (nSPS) is 12.3. The summed E-state index contributed by atoms with van der Waals surface area (Å²) in [6, 6.07) is 13.8. The molecule has 0 saturated heterocycles. The Morgan fingerprint density at radius 1 is 1.05 bits per heavy atom. The van der Waals surface area contributed by atoms with Gasteiger partial charge in [-0.2, -0.15) is 0 Å².